The average Bonchev–Trinajstić information content (AvgIpc) is 2.18. The Labute approximate surface area is 83.5 Å². The molecule has 4 nitrogen and oxygen atoms in total. The van der Waals surface area contributed by atoms with Crippen LogP contribution < -0.4 is 4.74 Å². The average molecular weight is 197 g/mol. The molecule has 1 unspecified atom stereocenters. The Morgan fingerprint density at radius 3 is 3.00 bits per heavy atom. The van der Waals surface area contributed by atoms with Gasteiger partial charge < -0.3 is 14.6 Å². The minimum atomic E-state index is -0.0736. The van der Waals surface area contributed by atoms with E-state index in [0.29, 0.717) is 18.1 Å². The second kappa shape index (κ2) is 5.57. The van der Waals surface area contributed by atoms with Crippen molar-refractivity contribution in [1.29, 1.82) is 0 Å². The number of hydrogen-bond donors (Lipinski definition) is 1. The van der Waals surface area contributed by atoms with E-state index in [0.717, 1.165) is 0 Å². The normalized spacial score (nSPS) is 12.5. The minimum Gasteiger partial charge on any atom is -0.488 e. The summed E-state index contributed by atoms with van der Waals surface area (Å²) in [5, 5.41) is 8.86. The quantitative estimate of drug-likeness (QED) is 0.764. The molecule has 1 N–H and O–H groups in total. The molecule has 1 rings (SSSR count). The lowest BCUT2D eigenvalue weighted by Crippen LogP contribution is -2.18. The van der Waals surface area contributed by atoms with Gasteiger partial charge >= 0.3 is 0 Å². The second-order valence-electron chi connectivity index (χ2n) is 3.02. The summed E-state index contributed by atoms with van der Waals surface area (Å²) in [6, 6.07) is 3.47. The highest BCUT2D eigenvalue weighted by molar-refractivity contribution is 5.22. The van der Waals surface area contributed by atoms with Crippen LogP contribution >= 0.6 is 0 Å². The van der Waals surface area contributed by atoms with Crippen molar-refractivity contribution in [2.75, 3.05) is 13.7 Å². The Morgan fingerprint density at radius 2 is 2.36 bits per heavy atom. The van der Waals surface area contributed by atoms with Crippen LogP contribution in [0.15, 0.2) is 18.3 Å². The van der Waals surface area contributed by atoms with Crippen molar-refractivity contribution in [3.63, 3.8) is 0 Å². The van der Waals surface area contributed by atoms with E-state index in [1.165, 1.54) is 0 Å². The Balaban J connectivity index is 2.57. The maximum absolute atomic E-state index is 8.86. The number of hydrogen-bond acceptors (Lipinski definition) is 4. The van der Waals surface area contributed by atoms with Crippen LogP contribution in [0.4, 0.5) is 0 Å². The Kier molecular flexibility index (Phi) is 4.35. The van der Waals surface area contributed by atoms with E-state index in [2.05, 4.69) is 4.98 Å². The Morgan fingerprint density at radius 1 is 1.57 bits per heavy atom. The van der Waals surface area contributed by atoms with Gasteiger partial charge in [0.05, 0.1) is 18.9 Å². The third kappa shape index (κ3) is 3.32. The number of aliphatic hydroxyl groups excluding tert-OH is 1. The molecule has 14 heavy (non-hydrogen) atoms. The van der Waals surface area contributed by atoms with Crippen LogP contribution in [0.1, 0.15) is 12.6 Å². The van der Waals surface area contributed by atoms with Gasteiger partial charge in [0.2, 0.25) is 0 Å². The number of rotatable bonds is 5. The molecule has 0 aliphatic heterocycles. The molecule has 0 radical (unpaired) electrons. The first-order chi connectivity index (χ1) is 6.76. The molecule has 0 amide bonds. The smallest absolute Gasteiger partial charge is 0.123 e. The van der Waals surface area contributed by atoms with Gasteiger partial charge in [-0.2, -0.15) is 0 Å². The van der Waals surface area contributed by atoms with Gasteiger partial charge in [0.25, 0.3) is 0 Å². The van der Waals surface area contributed by atoms with E-state index < -0.39 is 0 Å². The summed E-state index contributed by atoms with van der Waals surface area (Å²) in [6.07, 6.45) is 1.61. The van der Waals surface area contributed by atoms with E-state index >= 15 is 0 Å². The molecular formula is C10H15NO3. The van der Waals surface area contributed by atoms with E-state index in [1.54, 1.807) is 25.4 Å². The number of aliphatic hydroxyl groups is 1. The SMILES string of the molecule is COCC(C)Oc1ccnc(CO)c1. The highest BCUT2D eigenvalue weighted by Gasteiger charge is 2.03. The summed E-state index contributed by atoms with van der Waals surface area (Å²) in [6.45, 7) is 2.38. The molecule has 0 saturated carbocycles. The number of methoxy groups -OCH3 is 1. The lowest BCUT2D eigenvalue weighted by molar-refractivity contribution is 0.0918. The van der Waals surface area contributed by atoms with E-state index in [9.17, 15) is 0 Å². The molecule has 0 aromatic carbocycles. The van der Waals surface area contributed by atoms with Crippen molar-refractivity contribution in [2.45, 2.75) is 19.6 Å². The molecule has 0 aliphatic carbocycles. The maximum atomic E-state index is 8.86. The van der Waals surface area contributed by atoms with Gasteiger partial charge in [0.15, 0.2) is 0 Å². The predicted molar refractivity (Wildman–Crippen MR) is 52.1 cm³/mol. The first-order valence-electron chi connectivity index (χ1n) is 4.47. The standard InChI is InChI=1S/C10H15NO3/c1-8(7-13-2)14-10-3-4-11-9(5-10)6-12/h3-5,8,12H,6-7H2,1-2H3. The number of ether oxygens (including phenoxy) is 2. The Bertz CT molecular complexity index is 278. The molecule has 0 fully saturated rings. The molecule has 1 heterocycles. The highest BCUT2D eigenvalue weighted by Crippen LogP contribution is 2.12. The fourth-order valence-electron chi connectivity index (χ4n) is 1.12. The van der Waals surface area contributed by atoms with Crippen molar-refractivity contribution in [2.24, 2.45) is 0 Å². The summed E-state index contributed by atoms with van der Waals surface area (Å²) < 4.78 is 10.5. The fraction of sp³-hybridized carbons (Fsp3) is 0.500. The molecule has 0 bridgehead atoms. The van der Waals surface area contributed by atoms with Crippen LogP contribution in [0.5, 0.6) is 5.75 Å². The van der Waals surface area contributed by atoms with Crippen molar-refractivity contribution >= 4 is 0 Å². The molecule has 0 aliphatic rings. The van der Waals surface area contributed by atoms with Gasteiger partial charge in [0, 0.05) is 19.4 Å². The lowest BCUT2D eigenvalue weighted by atomic mass is 10.3. The zero-order valence-corrected chi connectivity index (χ0v) is 8.43. The first kappa shape index (κ1) is 10.9. The highest BCUT2D eigenvalue weighted by atomic mass is 16.5. The lowest BCUT2D eigenvalue weighted by Gasteiger charge is -2.13. The summed E-state index contributed by atoms with van der Waals surface area (Å²) in [7, 11) is 1.63. The van der Waals surface area contributed by atoms with Crippen molar-refractivity contribution in [1.82, 2.24) is 4.98 Å². The number of pyridine rings is 1. The van der Waals surface area contributed by atoms with Crippen molar-refractivity contribution < 1.29 is 14.6 Å². The molecule has 78 valence electrons. The summed E-state index contributed by atoms with van der Waals surface area (Å²) >= 11 is 0. The molecule has 1 aromatic rings. The second-order valence-corrected chi connectivity index (χ2v) is 3.02. The largest absolute Gasteiger partial charge is 0.488 e. The third-order valence-corrected chi connectivity index (χ3v) is 1.69. The zero-order valence-electron chi connectivity index (χ0n) is 8.43. The summed E-state index contributed by atoms with van der Waals surface area (Å²) in [5.74, 6) is 0.702. The maximum Gasteiger partial charge on any atom is 0.123 e. The first-order valence-corrected chi connectivity index (χ1v) is 4.47. The van der Waals surface area contributed by atoms with Crippen LogP contribution in [0.25, 0.3) is 0 Å². The zero-order chi connectivity index (χ0) is 10.4. The van der Waals surface area contributed by atoms with Crippen molar-refractivity contribution in [3.05, 3.63) is 24.0 Å². The predicted octanol–water partition coefficient (Wildman–Crippen LogP) is 0.988. The van der Waals surface area contributed by atoms with Crippen LogP contribution in [0.2, 0.25) is 0 Å². The van der Waals surface area contributed by atoms with Gasteiger partial charge in [-0.3, -0.25) is 4.98 Å². The van der Waals surface area contributed by atoms with Gasteiger partial charge in [-0.15, -0.1) is 0 Å². The molecular weight excluding hydrogens is 182 g/mol. The fourth-order valence-corrected chi connectivity index (χ4v) is 1.12. The van der Waals surface area contributed by atoms with Crippen LogP contribution in [0.3, 0.4) is 0 Å². The minimum absolute atomic E-state index is 0.00561. The molecule has 4 heteroatoms. The monoisotopic (exact) mass is 197 g/mol. The summed E-state index contributed by atoms with van der Waals surface area (Å²) in [4.78, 5) is 3.95. The Hall–Kier alpha value is -1.13. The number of aromatic nitrogens is 1. The summed E-state index contributed by atoms with van der Waals surface area (Å²) in [5.41, 5.74) is 0.604. The van der Waals surface area contributed by atoms with Gasteiger partial charge in [-0.05, 0) is 13.0 Å². The van der Waals surface area contributed by atoms with E-state index in [4.69, 9.17) is 14.6 Å². The van der Waals surface area contributed by atoms with Gasteiger partial charge in [-0.25, -0.2) is 0 Å². The van der Waals surface area contributed by atoms with E-state index in [-0.39, 0.29) is 12.7 Å². The number of nitrogens with zero attached hydrogens (tertiary/aromatic N) is 1. The van der Waals surface area contributed by atoms with E-state index in [1.807, 2.05) is 6.92 Å². The van der Waals surface area contributed by atoms with Gasteiger partial charge in [0.1, 0.15) is 11.9 Å². The topological polar surface area (TPSA) is 51.6 Å². The van der Waals surface area contributed by atoms with Crippen LogP contribution in [-0.2, 0) is 11.3 Å². The molecule has 0 spiro atoms. The van der Waals surface area contributed by atoms with Crippen molar-refractivity contribution in [3.8, 4) is 5.75 Å². The molecule has 1 aromatic heterocycles. The van der Waals surface area contributed by atoms with Crippen LogP contribution in [0, 0.1) is 0 Å². The third-order valence-electron chi connectivity index (χ3n) is 1.69. The van der Waals surface area contributed by atoms with Crippen LogP contribution in [-0.4, -0.2) is 29.9 Å². The molecule has 0 saturated heterocycles. The van der Waals surface area contributed by atoms with Gasteiger partial charge in [-0.1, -0.05) is 0 Å². The molecule has 1 atom stereocenters.